The van der Waals surface area contributed by atoms with Gasteiger partial charge in [-0.3, -0.25) is 20.0 Å². The summed E-state index contributed by atoms with van der Waals surface area (Å²) in [7, 11) is 0. The number of hydrogen-bond donors (Lipinski definition) is 1. The zero-order chi connectivity index (χ0) is 22.3. The fraction of sp³-hybridized carbons (Fsp3) is 0.545. The Hall–Kier alpha value is -2.39. The molecule has 0 bridgehead atoms. The molecule has 6 nitrogen and oxygen atoms in total. The van der Waals surface area contributed by atoms with Crippen LogP contribution in [0.2, 0.25) is 0 Å². The van der Waals surface area contributed by atoms with Gasteiger partial charge in [-0.05, 0) is 56.5 Å². The van der Waals surface area contributed by atoms with E-state index < -0.39 is 6.36 Å². The average molecular weight is 439 g/mol. The van der Waals surface area contributed by atoms with Crippen LogP contribution in [0.15, 0.2) is 41.4 Å². The number of esters is 1. The second-order valence-corrected chi connectivity index (χ2v) is 7.60. The number of benzene rings is 1. The Bertz CT molecular complexity index is 784. The zero-order valence-corrected chi connectivity index (χ0v) is 17.5. The van der Waals surface area contributed by atoms with Crippen molar-refractivity contribution >= 4 is 12.2 Å². The van der Waals surface area contributed by atoms with Crippen molar-refractivity contribution in [2.75, 3.05) is 26.2 Å². The number of dihydropyridines is 1. The van der Waals surface area contributed by atoms with Gasteiger partial charge in [-0.15, -0.1) is 13.2 Å². The summed E-state index contributed by atoms with van der Waals surface area (Å²) in [6, 6.07) is 6.03. The van der Waals surface area contributed by atoms with E-state index in [1.165, 1.54) is 12.1 Å². The maximum atomic E-state index is 12.3. The van der Waals surface area contributed by atoms with E-state index in [-0.39, 0.29) is 29.8 Å². The summed E-state index contributed by atoms with van der Waals surface area (Å²) in [5.41, 5.74) is 0.745. The van der Waals surface area contributed by atoms with E-state index in [9.17, 15) is 18.0 Å². The van der Waals surface area contributed by atoms with Crippen molar-refractivity contribution in [3.05, 3.63) is 42.0 Å². The quantitative estimate of drug-likeness (QED) is 0.497. The molecule has 1 fully saturated rings. The fourth-order valence-corrected chi connectivity index (χ4v) is 3.83. The van der Waals surface area contributed by atoms with Crippen LogP contribution in [0.1, 0.15) is 25.3 Å². The van der Waals surface area contributed by atoms with Crippen LogP contribution in [0.5, 0.6) is 5.75 Å². The molecule has 1 aromatic rings. The highest BCUT2D eigenvalue weighted by Crippen LogP contribution is 2.24. The van der Waals surface area contributed by atoms with Gasteiger partial charge in [0, 0.05) is 19.3 Å². The monoisotopic (exact) mass is 439 g/mol. The number of carbonyl (C=O) groups is 1. The van der Waals surface area contributed by atoms with E-state index >= 15 is 0 Å². The number of carbonyl (C=O) groups excluding carboxylic acids is 1. The topological polar surface area (TPSA) is 63.2 Å². The number of aliphatic imine (C=N–C) groups is 1. The molecule has 1 N–H and O–H groups in total. The average Bonchev–Trinajstić information content (AvgIpc) is 2.74. The SMILES string of the molecule is CCOC(=O)C1CCCN(C2C=CC(NCCc3cccc(OC(F)(F)F)c3)N=C2)C1. The molecular formula is C22H28F3N3O3. The van der Waals surface area contributed by atoms with Crippen LogP contribution in [-0.2, 0) is 16.0 Å². The number of ether oxygens (including phenoxy) is 2. The van der Waals surface area contributed by atoms with Gasteiger partial charge >= 0.3 is 12.3 Å². The van der Waals surface area contributed by atoms with Crippen LogP contribution in [0.25, 0.3) is 0 Å². The maximum Gasteiger partial charge on any atom is 0.573 e. The highest BCUT2D eigenvalue weighted by atomic mass is 19.4. The smallest absolute Gasteiger partial charge is 0.466 e. The van der Waals surface area contributed by atoms with Crippen LogP contribution >= 0.6 is 0 Å². The third-order valence-electron chi connectivity index (χ3n) is 5.28. The molecule has 0 amide bonds. The number of likely N-dealkylation sites (tertiary alicyclic amines) is 1. The first-order chi connectivity index (χ1) is 14.8. The third kappa shape index (κ3) is 7.36. The summed E-state index contributed by atoms with van der Waals surface area (Å²) in [6.07, 6.45) is 3.38. The lowest BCUT2D eigenvalue weighted by atomic mass is 9.96. The minimum atomic E-state index is -4.69. The standard InChI is InChI=1S/C22H28F3N3O3/c1-2-30-21(29)17-6-4-12-28(15-17)18-8-9-20(27-14-18)26-11-10-16-5-3-7-19(13-16)31-22(23,24)25/h3,5,7-9,13-14,17-18,20,26H,2,4,6,10-12,15H2,1H3. The van der Waals surface area contributed by atoms with Crippen molar-refractivity contribution in [3.8, 4) is 5.75 Å². The fourth-order valence-electron chi connectivity index (χ4n) is 3.83. The molecule has 0 radical (unpaired) electrons. The zero-order valence-electron chi connectivity index (χ0n) is 17.5. The van der Waals surface area contributed by atoms with Gasteiger partial charge in [0.2, 0.25) is 0 Å². The highest BCUT2D eigenvalue weighted by Gasteiger charge is 2.31. The van der Waals surface area contributed by atoms with Crippen molar-refractivity contribution in [2.45, 2.75) is 44.8 Å². The van der Waals surface area contributed by atoms with E-state index in [4.69, 9.17) is 4.74 Å². The molecule has 1 aromatic carbocycles. The van der Waals surface area contributed by atoms with E-state index in [1.807, 2.05) is 19.2 Å². The van der Waals surface area contributed by atoms with Gasteiger partial charge in [-0.1, -0.05) is 18.2 Å². The molecule has 9 heteroatoms. The van der Waals surface area contributed by atoms with E-state index in [0.717, 1.165) is 24.9 Å². The number of nitrogens with zero attached hydrogens (tertiary/aromatic N) is 2. The minimum absolute atomic E-state index is 0.0477. The molecule has 170 valence electrons. The molecule has 2 aliphatic rings. The van der Waals surface area contributed by atoms with Gasteiger partial charge in [0.05, 0.1) is 18.6 Å². The van der Waals surface area contributed by atoms with Crippen molar-refractivity contribution in [1.82, 2.24) is 10.2 Å². The van der Waals surface area contributed by atoms with Crippen LogP contribution in [-0.4, -0.2) is 61.9 Å². The predicted molar refractivity (Wildman–Crippen MR) is 111 cm³/mol. The molecular weight excluding hydrogens is 411 g/mol. The predicted octanol–water partition coefficient (Wildman–Crippen LogP) is 3.33. The summed E-state index contributed by atoms with van der Waals surface area (Å²) in [5, 5.41) is 3.26. The van der Waals surface area contributed by atoms with Gasteiger partial charge in [0.1, 0.15) is 11.9 Å². The first-order valence-corrected chi connectivity index (χ1v) is 10.5. The second-order valence-electron chi connectivity index (χ2n) is 7.60. The number of halogens is 3. The maximum absolute atomic E-state index is 12.3. The summed E-state index contributed by atoms with van der Waals surface area (Å²) in [6.45, 7) is 4.34. The molecule has 0 saturated carbocycles. The third-order valence-corrected chi connectivity index (χ3v) is 5.28. The van der Waals surface area contributed by atoms with Gasteiger partial charge in [0.15, 0.2) is 0 Å². The van der Waals surface area contributed by atoms with Crippen molar-refractivity contribution in [2.24, 2.45) is 10.9 Å². The number of rotatable bonds is 8. The van der Waals surface area contributed by atoms with Crippen molar-refractivity contribution in [1.29, 1.82) is 0 Å². The normalized spacial score (nSPS) is 24.2. The van der Waals surface area contributed by atoms with E-state index in [1.54, 1.807) is 12.1 Å². The molecule has 3 unspecified atom stereocenters. The first-order valence-electron chi connectivity index (χ1n) is 10.5. The Kier molecular flexibility index (Phi) is 8.09. The molecule has 1 saturated heterocycles. The van der Waals surface area contributed by atoms with Crippen molar-refractivity contribution in [3.63, 3.8) is 0 Å². The van der Waals surface area contributed by atoms with Crippen LogP contribution in [0, 0.1) is 5.92 Å². The molecule has 0 spiro atoms. The molecule has 3 atom stereocenters. The second kappa shape index (κ2) is 10.8. The lowest BCUT2D eigenvalue weighted by Gasteiger charge is -2.35. The Labute approximate surface area is 180 Å². The van der Waals surface area contributed by atoms with Crippen molar-refractivity contribution < 1.29 is 27.4 Å². The van der Waals surface area contributed by atoms with Gasteiger partial charge in [-0.25, -0.2) is 0 Å². The number of alkyl halides is 3. The number of nitrogens with one attached hydrogen (secondary N) is 1. The molecule has 3 rings (SSSR count). The van der Waals surface area contributed by atoms with Gasteiger partial charge in [-0.2, -0.15) is 0 Å². The summed E-state index contributed by atoms with van der Waals surface area (Å²) >= 11 is 0. The lowest BCUT2D eigenvalue weighted by molar-refractivity contribution is -0.274. The van der Waals surface area contributed by atoms with Crippen LogP contribution in [0.3, 0.4) is 0 Å². The number of hydrogen-bond acceptors (Lipinski definition) is 6. The molecule has 2 aliphatic heterocycles. The summed E-state index contributed by atoms with van der Waals surface area (Å²) < 4.78 is 46.1. The highest BCUT2D eigenvalue weighted by molar-refractivity contribution is 5.73. The first kappa shape index (κ1) is 23.3. The minimum Gasteiger partial charge on any atom is -0.466 e. The molecule has 31 heavy (non-hydrogen) atoms. The van der Waals surface area contributed by atoms with E-state index in [2.05, 4.69) is 26.0 Å². The lowest BCUT2D eigenvalue weighted by Crippen LogP contribution is -2.46. The van der Waals surface area contributed by atoms with Gasteiger partial charge < -0.3 is 9.47 Å². The van der Waals surface area contributed by atoms with Crippen LogP contribution < -0.4 is 10.1 Å². The van der Waals surface area contributed by atoms with Crippen LogP contribution in [0.4, 0.5) is 13.2 Å². The van der Waals surface area contributed by atoms with E-state index in [0.29, 0.717) is 26.1 Å². The largest absolute Gasteiger partial charge is 0.573 e. The Balaban J connectivity index is 1.44. The molecule has 0 aliphatic carbocycles. The Morgan fingerprint density at radius 1 is 1.32 bits per heavy atom. The molecule has 2 heterocycles. The Morgan fingerprint density at radius 2 is 2.16 bits per heavy atom. The summed E-state index contributed by atoms with van der Waals surface area (Å²) in [4.78, 5) is 18.8. The Morgan fingerprint density at radius 3 is 2.87 bits per heavy atom. The summed E-state index contributed by atoms with van der Waals surface area (Å²) in [5.74, 6) is -0.442. The number of piperidine rings is 1. The molecule has 0 aromatic heterocycles. The van der Waals surface area contributed by atoms with Gasteiger partial charge in [0.25, 0.3) is 0 Å².